The predicted octanol–water partition coefficient (Wildman–Crippen LogP) is 5.34. The van der Waals surface area contributed by atoms with Crippen LogP contribution in [0.3, 0.4) is 0 Å². The number of rotatable bonds is 4. The molecule has 0 saturated heterocycles. The highest BCUT2D eigenvalue weighted by Gasteiger charge is 2.31. The third-order valence-electron chi connectivity index (χ3n) is 3.59. The molecule has 0 unspecified atom stereocenters. The van der Waals surface area contributed by atoms with Gasteiger partial charge in [-0.3, -0.25) is 4.79 Å². The fourth-order valence-electron chi connectivity index (χ4n) is 2.39. The summed E-state index contributed by atoms with van der Waals surface area (Å²) in [6.45, 7) is 1.75. The third kappa shape index (κ3) is 4.70. The van der Waals surface area contributed by atoms with Gasteiger partial charge in [0, 0.05) is 5.39 Å². The van der Waals surface area contributed by atoms with E-state index in [1.54, 1.807) is 6.92 Å². The molecular weight excluding hydrogens is 399 g/mol. The zero-order chi connectivity index (χ0) is 19.6. The van der Waals surface area contributed by atoms with Crippen LogP contribution in [0.25, 0.3) is 10.9 Å². The van der Waals surface area contributed by atoms with E-state index in [1.807, 2.05) is 24.3 Å². The predicted molar refractivity (Wildman–Crippen MR) is 100 cm³/mol. The summed E-state index contributed by atoms with van der Waals surface area (Å²) in [7, 11) is 0. The molecule has 0 spiro atoms. The summed E-state index contributed by atoms with van der Waals surface area (Å²) in [4.78, 5) is 20.9. The summed E-state index contributed by atoms with van der Waals surface area (Å²) in [6, 6.07) is 10.2. The minimum atomic E-state index is -4.52. The number of hydrogen-bond donors (Lipinski definition) is 1. The number of anilines is 1. The molecule has 0 fully saturated rings. The van der Waals surface area contributed by atoms with Crippen molar-refractivity contribution in [1.29, 1.82) is 0 Å². The number of halogens is 4. The van der Waals surface area contributed by atoms with Crippen LogP contribution in [0.4, 0.5) is 18.9 Å². The van der Waals surface area contributed by atoms with Crippen molar-refractivity contribution in [2.24, 2.45) is 0 Å². The highest BCUT2D eigenvalue weighted by molar-refractivity contribution is 8.00. The first-order chi connectivity index (χ1) is 12.7. The van der Waals surface area contributed by atoms with Gasteiger partial charge in [-0.2, -0.15) is 13.2 Å². The Bertz CT molecular complexity index is 1010. The molecule has 0 atom stereocenters. The average Bonchev–Trinajstić information content (AvgIpc) is 2.60. The molecule has 1 N–H and O–H groups in total. The number of fused-ring (bicyclic) bond motifs is 1. The number of carbonyl (C=O) groups excluding carboxylic acids is 1. The van der Waals surface area contributed by atoms with Gasteiger partial charge in [-0.1, -0.05) is 41.6 Å². The van der Waals surface area contributed by atoms with Crippen molar-refractivity contribution < 1.29 is 18.0 Å². The van der Waals surface area contributed by atoms with E-state index in [0.29, 0.717) is 10.9 Å². The van der Waals surface area contributed by atoms with Crippen LogP contribution in [0.1, 0.15) is 11.4 Å². The molecule has 0 aliphatic carbocycles. The summed E-state index contributed by atoms with van der Waals surface area (Å²) in [5.41, 5.74) is -0.207. The lowest BCUT2D eigenvalue weighted by Gasteiger charge is -2.12. The Morgan fingerprint density at radius 2 is 1.93 bits per heavy atom. The van der Waals surface area contributed by atoms with Gasteiger partial charge in [0.1, 0.15) is 10.9 Å². The standard InChI is InChI=1S/C18H13ClF3N3OS/c1-10-23-14-5-3-2-4-12(14)17(24-10)27-9-16(26)25-15-8-11(18(20,21)22)6-7-13(15)19/h2-8H,9H2,1H3,(H,25,26). The number of aryl methyl sites for hydroxylation is 1. The van der Waals surface area contributed by atoms with E-state index in [4.69, 9.17) is 11.6 Å². The topological polar surface area (TPSA) is 54.9 Å². The highest BCUT2D eigenvalue weighted by atomic mass is 35.5. The minimum absolute atomic E-state index is 0.0321. The molecule has 2 aromatic carbocycles. The SMILES string of the molecule is Cc1nc(SCC(=O)Nc2cc(C(F)(F)F)ccc2Cl)c2ccccc2n1. The van der Waals surface area contributed by atoms with Crippen molar-refractivity contribution in [2.45, 2.75) is 18.1 Å². The molecule has 0 bridgehead atoms. The van der Waals surface area contributed by atoms with Crippen LogP contribution in [0.2, 0.25) is 5.02 Å². The fourth-order valence-corrected chi connectivity index (χ4v) is 3.42. The molecule has 27 heavy (non-hydrogen) atoms. The Kier molecular flexibility index (Phi) is 5.57. The lowest BCUT2D eigenvalue weighted by atomic mass is 10.2. The van der Waals surface area contributed by atoms with Gasteiger partial charge in [-0.15, -0.1) is 0 Å². The quantitative estimate of drug-likeness (QED) is 0.465. The van der Waals surface area contributed by atoms with Crippen molar-refractivity contribution in [1.82, 2.24) is 9.97 Å². The third-order valence-corrected chi connectivity index (χ3v) is 4.91. The van der Waals surface area contributed by atoms with Crippen LogP contribution in [-0.4, -0.2) is 21.6 Å². The molecule has 3 rings (SSSR count). The average molecular weight is 412 g/mol. The van der Waals surface area contributed by atoms with Crippen LogP contribution in [0.15, 0.2) is 47.5 Å². The van der Waals surface area contributed by atoms with E-state index in [9.17, 15) is 18.0 Å². The number of nitrogens with zero attached hydrogens (tertiary/aromatic N) is 2. The molecule has 140 valence electrons. The first-order valence-corrected chi connectivity index (χ1v) is 9.13. The number of benzene rings is 2. The Hall–Kier alpha value is -2.32. The van der Waals surface area contributed by atoms with Crippen LogP contribution in [0.5, 0.6) is 0 Å². The van der Waals surface area contributed by atoms with Crippen molar-refractivity contribution in [2.75, 3.05) is 11.1 Å². The molecule has 4 nitrogen and oxygen atoms in total. The maximum absolute atomic E-state index is 12.8. The summed E-state index contributed by atoms with van der Waals surface area (Å²) in [5.74, 6) is 0.0478. The lowest BCUT2D eigenvalue weighted by Crippen LogP contribution is -2.15. The molecule has 0 radical (unpaired) electrons. The van der Waals surface area contributed by atoms with Crippen molar-refractivity contribution >= 4 is 45.9 Å². The van der Waals surface area contributed by atoms with Gasteiger partial charge in [0.05, 0.1) is 27.5 Å². The second-order valence-electron chi connectivity index (χ2n) is 5.62. The van der Waals surface area contributed by atoms with E-state index in [-0.39, 0.29) is 16.5 Å². The van der Waals surface area contributed by atoms with E-state index in [2.05, 4.69) is 15.3 Å². The lowest BCUT2D eigenvalue weighted by molar-refractivity contribution is -0.137. The number of alkyl halides is 3. The zero-order valence-corrected chi connectivity index (χ0v) is 15.5. The summed E-state index contributed by atoms with van der Waals surface area (Å²) in [6.07, 6.45) is -4.52. The van der Waals surface area contributed by atoms with Gasteiger partial charge >= 0.3 is 6.18 Å². The van der Waals surface area contributed by atoms with Crippen molar-refractivity contribution in [3.05, 3.63) is 58.9 Å². The number of para-hydroxylation sites is 1. The molecule has 0 aliphatic heterocycles. The molecule has 1 amide bonds. The summed E-state index contributed by atoms with van der Waals surface area (Å²) >= 11 is 7.08. The number of carbonyl (C=O) groups is 1. The minimum Gasteiger partial charge on any atom is -0.324 e. The largest absolute Gasteiger partial charge is 0.416 e. The molecule has 0 saturated carbocycles. The molecule has 1 aromatic heterocycles. The van der Waals surface area contributed by atoms with E-state index >= 15 is 0 Å². The van der Waals surface area contributed by atoms with Gasteiger partial charge < -0.3 is 5.32 Å². The second kappa shape index (κ2) is 7.74. The Balaban J connectivity index is 1.75. The van der Waals surface area contributed by atoms with Gasteiger partial charge in [0.15, 0.2) is 0 Å². The van der Waals surface area contributed by atoms with Crippen molar-refractivity contribution in [3.63, 3.8) is 0 Å². The van der Waals surface area contributed by atoms with Crippen LogP contribution in [-0.2, 0) is 11.0 Å². The molecule has 0 aliphatic rings. The van der Waals surface area contributed by atoms with Crippen LogP contribution >= 0.6 is 23.4 Å². The number of amides is 1. The summed E-state index contributed by atoms with van der Waals surface area (Å²) in [5, 5.41) is 3.88. The molecule has 3 aromatic rings. The van der Waals surface area contributed by atoms with E-state index in [0.717, 1.165) is 29.1 Å². The Morgan fingerprint density at radius 1 is 1.19 bits per heavy atom. The number of thioether (sulfide) groups is 1. The first-order valence-electron chi connectivity index (χ1n) is 7.77. The Labute approximate surface area is 162 Å². The van der Waals surface area contributed by atoms with Gasteiger partial charge in [-0.05, 0) is 31.2 Å². The van der Waals surface area contributed by atoms with Gasteiger partial charge in [-0.25, -0.2) is 9.97 Å². The van der Waals surface area contributed by atoms with E-state index < -0.39 is 17.6 Å². The van der Waals surface area contributed by atoms with Crippen LogP contribution < -0.4 is 5.32 Å². The second-order valence-corrected chi connectivity index (χ2v) is 6.99. The molecule has 1 heterocycles. The molecular formula is C18H13ClF3N3OS. The summed E-state index contributed by atoms with van der Waals surface area (Å²) < 4.78 is 38.5. The molecule has 9 heteroatoms. The maximum atomic E-state index is 12.8. The van der Waals surface area contributed by atoms with E-state index in [1.165, 1.54) is 11.8 Å². The zero-order valence-electron chi connectivity index (χ0n) is 14.0. The Morgan fingerprint density at radius 3 is 2.67 bits per heavy atom. The highest BCUT2D eigenvalue weighted by Crippen LogP contribution is 2.34. The number of aromatic nitrogens is 2. The van der Waals surface area contributed by atoms with Crippen molar-refractivity contribution in [3.8, 4) is 0 Å². The monoisotopic (exact) mass is 411 g/mol. The maximum Gasteiger partial charge on any atom is 0.416 e. The normalized spacial score (nSPS) is 11.6. The first kappa shape index (κ1) is 19.4. The smallest absolute Gasteiger partial charge is 0.324 e. The fraction of sp³-hybridized carbons (Fsp3) is 0.167. The van der Waals surface area contributed by atoms with Crippen LogP contribution in [0, 0.1) is 6.92 Å². The van der Waals surface area contributed by atoms with Gasteiger partial charge in [0.2, 0.25) is 5.91 Å². The van der Waals surface area contributed by atoms with Gasteiger partial charge in [0.25, 0.3) is 0 Å². The number of hydrogen-bond acceptors (Lipinski definition) is 4. The number of nitrogens with one attached hydrogen (secondary N) is 1.